The minimum atomic E-state index is -0.364. The monoisotopic (exact) mass is 268 g/mol. The van der Waals surface area contributed by atoms with Crippen molar-refractivity contribution >= 4 is 17.9 Å². The lowest BCUT2D eigenvalue weighted by atomic mass is 9.80. The summed E-state index contributed by atoms with van der Waals surface area (Å²) in [4.78, 5) is 34.1. The molecule has 0 spiro atoms. The van der Waals surface area contributed by atoms with Gasteiger partial charge >= 0.3 is 17.9 Å². The summed E-state index contributed by atoms with van der Waals surface area (Å²) in [6.07, 6.45) is -0.0364. The summed E-state index contributed by atoms with van der Waals surface area (Å²) < 4.78 is 15.7. The summed E-state index contributed by atoms with van der Waals surface area (Å²) in [5.74, 6) is -1.33. The predicted molar refractivity (Wildman–Crippen MR) is 60.6 cm³/mol. The molecule has 6 heteroatoms. The molecule has 0 radical (unpaired) electrons. The van der Waals surface area contributed by atoms with E-state index in [1.807, 2.05) is 0 Å². The van der Waals surface area contributed by atoms with Crippen molar-refractivity contribution in [2.45, 2.75) is 32.5 Å². The van der Waals surface area contributed by atoms with Crippen molar-refractivity contribution in [1.82, 2.24) is 0 Å². The highest BCUT2D eigenvalue weighted by molar-refractivity contribution is 5.77. The molecular weight excluding hydrogens is 252 g/mol. The second kappa shape index (κ2) is 4.21. The number of ether oxygens (including phenoxy) is 3. The number of hydrogen-bond acceptors (Lipinski definition) is 6. The summed E-state index contributed by atoms with van der Waals surface area (Å²) in [6.45, 7) is 3.05. The Morgan fingerprint density at radius 3 is 2.47 bits per heavy atom. The largest absolute Gasteiger partial charge is 0.465 e. The van der Waals surface area contributed by atoms with E-state index >= 15 is 0 Å². The fraction of sp³-hybridized carbons (Fsp3) is 0.769. The van der Waals surface area contributed by atoms with E-state index < -0.39 is 0 Å². The molecule has 104 valence electrons. The number of rotatable bonds is 2. The first-order valence-electron chi connectivity index (χ1n) is 6.50. The maximum Gasteiger partial charge on any atom is 0.309 e. The van der Waals surface area contributed by atoms with Gasteiger partial charge in [-0.3, -0.25) is 14.4 Å². The van der Waals surface area contributed by atoms with E-state index in [0.29, 0.717) is 13.0 Å². The number of carbonyl (C=O) groups is 3. The zero-order valence-corrected chi connectivity index (χ0v) is 10.8. The van der Waals surface area contributed by atoms with Crippen LogP contribution in [0.15, 0.2) is 0 Å². The van der Waals surface area contributed by atoms with Gasteiger partial charge in [0.15, 0.2) is 0 Å². The second-order valence-corrected chi connectivity index (χ2v) is 5.52. The normalized spacial score (nSPS) is 42.7. The van der Waals surface area contributed by atoms with E-state index in [0.717, 1.165) is 0 Å². The summed E-state index contributed by atoms with van der Waals surface area (Å²) >= 11 is 0. The lowest BCUT2D eigenvalue weighted by molar-refractivity contribution is -0.155. The third-order valence-corrected chi connectivity index (χ3v) is 4.46. The highest BCUT2D eigenvalue weighted by Gasteiger charge is 2.66. The summed E-state index contributed by atoms with van der Waals surface area (Å²) in [5.41, 5.74) is 0. The van der Waals surface area contributed by atoms with Gasteiger partial charge in [0.25, 0.3) is 0 Å². The van der Waals surface area contributed by atoms with Crippen molar-refractivity contribution in [3.8, 4) is 0 Å². The van der Waals surface area contributed by atoms with E-state index in [1.54, 1.807) is 0 Å². The van der Waals surface area contributed by atoms with Crippen molar-refractivity contribution < 1.29 is 28.6 Å². The van der Waals surface area contributed by atoms with Gasteiger partial charge in [0.2, 0.25) is 0 Å². The Hall–Kier alpha value is -1.59. The average Bonchev–Trinajstić information content (AvgIpc) is 2.89. The second-order valence-electron chi connectivity index (χ2n) is 5.52. The van der Waals surface area contributed by atoms with Gasteiger partial charge in [-0.15, -0.1) is 0 Å². The van der Waals surface area contributed by atoms with Crippen LogP contribution < -0.4 is 0 Å². The van der Waals surface area contributed by atoms with Crippen molar-refractivity contribution in [3.63, 3.8) is 0 Å². The molecule has 3 aliphatic rings. The van der Waals surface area contributed by atoms with Crippen LogP contribution in [0.1, 0.15) is 20.3 Å². The molecule has 3 rings (SSSR count). The molecular formula is C13H16O6. The fourth-order valence-electron chi connectivity index (χ4n) is 4.02. The summed E-state index contributed by atoms with van der Waals surface area (Å²) in [6, 6.07) is 0. The molecule has 19 heavy (non-hydrogen) atoms. The maximum absolute atomic E-state index is 11.7. The first-order chi connectivity index (χ1) is 8.99. The van der Waals surface area contributed by atoms with Crippen molar-refractivity contribution in [2.75, 3.05) is 6.61 Å². The molecule has 0 N–H and O–H groups in total. The van der Waals surface area contributed by atoms with Gasteiger partial charge in [-0.25, -0.2) is 0 Å². The van der Waals surface area contributed by atoms with Crippen LogP contribution in [0.25, 0.3) is 0 Å². The molecule has 6 atom stereocenters. The first-order valence-corrected chi connectivity index (χ1v) is 6.50. The minimum Gasteiger partial charge on any atom is -0.465 e. The van der Waals surface area contributed by atoms with Crippen LogP contribution in [0.4, 0.5) is 0 Å². The van der Waals surface area contributed by atoms with E-state index in [4.69, 9.17) is 14.2 Å². The first kappa shape index (κ1) is 12.4. The van der Waals surface area contributed by atoms with E-state index in [1.165, 1.54) is 13.8 Å². The van der Waals surface area contributed by atoms with Crippen LogP contribution in [0.5, 0.6) is 0 Å². The zero-order valence-electron chi connectivity index (χ0n) is 10.8. The molecule has 2 aliphatic carbocycles. The Labute approximate surface area is 110 Å². The molecule has 1 aliphatic heterocycles. The minimum absolute atomic E-state index is 0.0000463. The highest BCUT2D eigenvalue weighted by Crippen LogP contribution is 2.57. The van der Waals surface area contributed by atoms with Crippen LogP contribution in [-0.4, -0.2) is 36.7 Å². The summed E-state index contributed by atoms with van der Waals surface area (Å²) in [7, 11) is 0. The van der Waals surface area contributed by atoms with E-state index in [9.17, 15) is 14.4 Å². The number of cyclic esters (lactones) is 1. The van der Waals surface area contributed by atoms with Crippen LogP contribution in [-0.2, 0) is 28.6 Å². The summed E-state index contributed by atoms with van der Waals surface area (Å²) in [5, 5.41) is 0. The molecule has 0 aromatic rings. The number of carbonyl (C=O) groups excluding carboxylic acids is 3. The van der Waals surface area contributed by atoms with E-state index in [2.05, 4.69) is 0 Å². The number of hydrogen-bond donors (Lipinski definition) is 0. The van der Waals surface area contributed by atoms with Crippen LogP contribution in [0.3, 0.4) is 0 Å². The van der Waals surface area contributed by atoms with Gasteiger partial charge in [-0.05, 0) is 6.42 Å². The molecule has 0 amide bonds. The fourth-order valence-corrected chi connectivity index (χ4v) is 4.02. The lowest BCUT2D eigenvalue weighted by Crippen LogP contribution is -2.35. The molecule has 2 bridgehead atoms. The maximum atomic E-state index is 11.7. The molecule has 2 saturated carbocycles. The number of fused-ring (bicyclic) bond motifs is 5. The standard InChI is InChI=1S/C13H16O6/c1-5(14)18-9-3-7-10-8(4-17-13(10)16)11(9)12(7)19-6(2)15/h7-12H,3-4H2,1-2H3/t7-,8-,9+,10+,11-,12+/m0/s1. The van der Waals surface area contributed by atoms with Gasteiger partial charge in [0, 0.05) is 31.6 Å². The molecule has 0 unspecified atom stereocenters. The quantitative estimate of drug-likeness (QED) is 0.529. The molecule has 1 saturated heterocycles. The zero-order chi connectivity index (χ0) is 13.7. The van der Waals surface area contributed by atoms with Gasteiger partial charge in [-0.1, -0.05) is 0 Å². The van der Waals surface area contributed by atoms with Crippen LogP contribution >= 0.6 is 0 Å². The molecule has 3 fully saturated rings. The Balaban J connectivity index is 1.85. The highest BCUT2D eigenvalue weighted by atomic mass is 16.6. The van der Waals surface area contributed by atoms with Crippen LogP contribution in [0, 0.1) is 23.7 Å². The van der Waals surface area contributed by atoms with Crippen molar-refractivity contribution in [2.24, 2.45) is 23.7 Å². The average molecular weight is 268 g/mol. The van der Waals surface area contributed by atoms with Crippen molar-refractivity contribution in [3.05, 3.63) is 0 Å². The van der Waals surface area contributed by atoms with Gasteiger partial charge in [0.1, 0.15) is 12.2 Å². The van der Waals surface area contributed by atoms with Crippen molar-refractivity contribution in [1.29, 1.82) is 0 Å². The molecule has 0 aromatic carbocycles. The van der Waals surface area contributed by atoms with Gasteiger partial charge < -0.3 is 14.2 Å². The third-order valence-electron chi connectivity index (χ3n) is 4.46. The Bertz CT molecular complexity index is 444. The smallest absolute Gasteiger partial charge is 0.309 e. The Morgan fingerprint density at radius 1 is 1.16 bits per heavy atom. The van der Waals surface area contributed by atoms with Gasteiger partial charge in [0.05, 0.1) is 12.5 Å². The molecule has 0 aromatic heterocycles. The van der Waals surface area contributed by atoms with Crippen LogP contribution in [0.2, 0.25) is 0 Å². The topological polar surface area (TPSA) is 78.9 Å². The lowest BCUT2D eigenvalue weighted by Gasteiger charge is -2.27. The molecule has 6 nitrogen and oxygen atoms in total. The third kappa shape index (κ3) is 1.81. The SMILES string of the molecule is CC(=O)O[C@@H]1[C@H]2C[C@@H](OC(C)=O)[C@@H]1[C@H]1COC(=O)[C@H]21. The van der Waals surface area contributed by atoms with E-state index in [-0.39, 0.29) is 53.8 Å². The van der Waals surface area contributed by atoms with Gasteiger partial charge in [-0.2, -0.15) is 0 Å². The Morgan fingerprint density at radius 2 is 1.84 bits per heavy atom. The number of esters is 3. The predicted octanol–water partition coefficient (Wildman–Crippen LogP) is 0.289. The molecule has 1 heterocycles. The Kier molecular flexibility index (Phi) is 2.76.